The molecule has 0 radical (unpaired) electrons. The first-order valence-electron chi connectivity index (χ1n) is 8.44. The molecule has 9 heteroatoms. The van der Waals surface area contributed by atoms with Gasteiger partial charge in [0.15, 0.2) is 0 Å². The maximum atomic E-state index is 13.0. The van der Waals surface area contributed by atoms with Gasteiger partial charge in [0.2, 0.25) is 15.9 Å². The van der Waals surface area contributed by atoms with Crippen molar-refractivity contribution >= 4 is 44.8 Å². The summed E-state index contributed by atoms with van der Waals surface area (Å²) in [7, 11) is -1.21. The first-order valence-corrected chi connectivity index (χ1v) is 10.6. The first kappa shape index (κ1) is 22.5. The Kier molecular flexibility index (Phi) is 7.33. The Morgan fingerprint density at radius 3 is 2.29 bits per heavy atom. The van der Waals surface area contributed by atoms with Crippen LogP contribution in [0, 0.1) is 0 Å². The molecule has 2 rings (SSSR count). The molecule has 0 aromatic heterocycles. The Balaban J connectivity index is 2.23. The van der Waals surface area contributed by atoms with E-state index in [4.69, 9.17) is 27.9 Å². The van der Waals surface area contributed by atoms with Gasteiger partial charge in [-0.25, -0.2) is 8.42 Å². The molecule has 0 aliphatic carbocycles. The number of halogens is 2. The number of sulfonamides is 1. The third-order valence-electron chi connectivity index (χ3n) is 4.06. The number of nitrogens with one attached hydrogen (secondary N) is 1. The average molecular weight is 445 g/mol. The van der Waals surface area contributed by atoms with Crippen LogP contribution in [0.5, 0.6) is 5.75 Å². The van der Waals surface area contributed by atoms with Gasteiger partial charge >= 0.3 is 0 Å². The van der Waals surface area contributed by atoms with Crippen LogP contribution >= 0.6 is 23.2 Å². The molecule has 2 aromatic carbocycles. The largest absolute Gasteiger partial charge is 0.495 e. The van der Waals surface area contributed by atoms with E-state index in [1.165, 1.54) is 32.4 Å². The van der Waals surface area contributed by atoms with Gasteiger partial charge in [0.25, 0.3) is 0 Å². The Morgan fingerprint density at radius 1 is 1.14 bits per heavy atom. The van der Waals surface area contributed by atoms with E-state index in [9.17, 15) is 13.2 Å². The van der Waals surface area contributed by atoms with Gasteiger partial charge in [-0.2, -0.15) is 4.31 Å². The summed E-state index contributed by atoms with van der Waals surface area (Å²) < 4.78 is 32.2. The monoisotopic (exact) mass is 444 g/mol. The van der Waals surface area contributed by atoms with Gasteiger partial charge < -0.3 is 10.1 Å². The van der Waals surface area contributed by atoms with Crippen LogP contribution in [0.2, 0.25) is 10.0 Å². The molecule has 0 spiro atoms. The fourth-order valence-corrected chi connectivity index (χ4v) is 4.38. The smallest absolute Gasteiger partial charge is 0.246 e. The zero-order valence-electron chi connectivity index (χ0n) is 16.0. The van der Waals surface area contributed by atoms with Gasteiger partial charge in [-0.1, -0.05) is 43.1 Å². The Morgan fingerprint density at radius 2 is 1.75 bits per heavy atom. The molecule has 1 N–H and O–H groups in total. The molecule has 0 saturated carbocycles. The lowest BCUT2D eigenvalue weighted by molar-refractivity contribution is -0.116. The number of hydrogen-bond acceptors (Lipinski definition) is 4. The van der Waals surface area contributed by atoms with E-state index in [1.54, 1.807) is 12.1 Å². The van der Waals surface area contributed by atoms with Gasteiger partial charge in [-0.15, -0.1) is 0 Å². The summed E-state index contributed by atoms with van der Waals surface area (Å²) in [5.41, 5.74) is 1.23. The van der Waals surface area contributed by atoms with Crippen molar-refractivity contribution in [3.05, 3.63) is 52.0 Å². The van der Waals surface area contributed by atoms with E-state index in [0.717, 1.165) is 9.87 Å². The summed E-state index contributed by atoms with van der Waals surface area (Å²) in [6.45, 7) is 3.54. The zero-order valence-corrected chi connectivity index (χ0v) is 18.3. The zero-order chi connectivity index (χ0) is 21.1. The molecule has 152 valence electrons. The molecule has 0 saturated heterocycles. The van der Waals surface area contributed by atoms with Crippen molar-refractivity contribution in [2.24, 2.45) is 0 Å². The fraction of sp³-hybridized carbons (Fsp3) is 0.316. The van der Waals surface area contributed by atoms with Crippen molar-refractivity contribution in [2.45, 2.75) is 24.7 Å². The molecular weight excluding hydrogens is 423 g/mol. The minimum Gasteiger partial charge on any atom is -0.495 e. The lowest BCUT2D eigenvalue weighted by Crippen LogP contribution is -2.35. The highest BCUT2D eigenvalue weighted by Crippen LogP contribution is 2.30. The minimum atomic E-state index is -3.95. The highest BCUT2D eigenvalue weighted by molar-refractivity contribution is 7.89. The van der Waals surface area contributed by atoms with Crippen molar-refractivity contribution in [2.75, 3.05) is 26.0 Å². The summed E-state index contributed by atoms with van der Waals surface area (Å²) >= 11 is 11.8. The molecule has 0 unspecified atom stereocenters. The second-order valence-electron chi connectivity index (χ2n) is 6.53. The van der Waals surface area contributed by atoms with Gasteiger partial charge in [0.05, 0.1) is 13.7 Å². The molecule has 2 aromatic rings. The number of methoxy groups -OCH3 is 1. The maximum Gasteiger partial charge on any atom is 0.246 e. The predicted octanol–water partition coefficient (Wildman–Crippen LogP) is 4.38. The van der Waals surface area contributed by atoms with Crippen LogP contribution in [0.15, 0.2) is 41.3 Å². The highest BCUT2D eigenvalue weighted by Gasteiger charge is 2.27. The highest BCUT2D eigenvalue weighted by atomic mass is 35.5. The summed E-state index contributed by atoms with van der Waals surface area (Å²) in [4.78, 5) is 12.3. The van der Waals surface area contributed by atoms with Crippen LogP contribution in [-0.4, -0.2) is 39.3 Å². The van der Waals surface area contributed by atoms with E-state index in [1.807, 2.05) is 19.9 Å². The van der Waals surface area contributed by atoms with Crippen LogP contribution in [0.4, 0.5) is 5.69 Å². The Labute approximate surface area is 175 Å². The fourth-order valence-electron chi connectivity index (χ4n) is 2.54. The molecule has 0 aliphatic heterocycles. The molecule has 28 heavy (non-hydrogen) atoms. The average Bonchev–Trinajstić information content (AvgIpc) is 2.59. The molecular formula is C19H22Cl2N2O4S. The SMILES string of the molecule is COc1ccc(C(C)C)cc1S(=O)(=O)N(C)CC(=O)Nc1cc(Cl)cc(Cl)c1. The lowest BCUT2D eigenvalue weighted by atomic mass is 10.0. The van der Waals surface area contributed by atoms with E-state index in [-0.39, 0.29) is 23.1 Å². The minimum absolute atomic E-state index is 0.0160. The first-order chi connectivity index (χ1) is 13.0. The van der Waals surface area contributed by atoms with Crippen molar-refractivity contribution in [1.29, 1.82) is 0 Å². The van der Waals surface area contributed by atoms with Crippen LogP contribution in [0.3, 0.4) is 0 Å². The normalized spacial score (nSPS) is 11.7. The summed E-state index contributed by atoms with van der Waals surface area (Å²) in [5, 5.41) is 3.31. The number of nitrogens with zero attached hydrogens (tertiary/aromatic N) is 1. The quantitative estimate of drug-likeness (QED) is 0.686. The van der Waals surface area contributed by atoms with E-state index in [0.29, 0.717) is 15.7 Å². The molecule has 1 amide bonds. The third kappa shape index (κ3) is 5.38. The Hall–Kier alpha value is -1.80. The number of ether oxygens (including phenoxy) is 1. The lowest BCUT2D eigenvalue weighted by Gasteiger charge is -2.20. The third-order valence-corrected chi connectivity index (χ3v) is 6.32. The van der Waals surface area contributed by atoms with E-state index in [2.05, 4.69) is 5.32 Å². The predicted molar refractivity (Wildman–Crippen MR) is 112 cm³/mol. The second kappa shape index (κ2) is 9.13. The number of anilines is 1. The number of amides is 1. The van der Waals surface area contributed by atoms with Gasteiger partial charge in [0, 0.05) is 22.8 Å². The van der Waals surface area contributed by atoms with Crippen LogP contribution in [-0.2, 0) is 14.8 Å². The van der Waals surface area contributed by atoms with Crippen LogP contribution < -0.4 is 10.1 Å². The molecule has 0 aliphatic rings. The summed E-state index contributed by atoms with van der Waals surface area (Å²) in [6.07, 6.45) is 0. The number of hydrogen-bond donors (Lipinski definition) is 1. The second-order valence-corrected chi connectivity index (χ2v) is 9.42. The van der Waals surface area contributed by atoms with Gasteiger partial charge in [-0.3, -0.25) is 4.79 Å². The maximum absolute atomic E-state index is 13.0. The summed E-state index contributed by atoms with van der Waals surface area (Å²) in [5.74, 6) is -0.164. The van der Waals surface area contributed by atoms with E-state index < -0.39 is 15.9 Å². The van der Waals surface area contributed by atoms with E-state index >= 15 is 0 Å². The van der Waals surface area contributed by atoms with Crippen molar-refractivity contribution in [3.63, 3.8) is 0 Å². The van der Waals surface area contributed by atoms with Gasteiger partial charge in [0.1, 0.15) is 10.6 Å². The Bertz CT molecular complexity index is 958. The number of likely N-dealkylation sites (N-methyl/N-ethyl adjacent to an activating group) is 1. The molecule has 0 atom stereocenters. The molecule has 0 heterocycles. The topological polar surface area (TPSA) is 75.7 Å². The molecule has 6 nitrogen and oxygen atoms in total. The molecule has 0 fully saturated rings. The number of benzene rings is 2. The number of rotatable bonds is 7. The van der Waals surface area contributed by atoms with Crippen molar-refractivity contribution < 1.29 is 17.9 Å². The standard InChI is InChI=1S/C19H22Cl2N2O4S/c1-12(2)13-5-6-17(27-4)18(7-13)28(25,26)23(3)11-19(24)22-16-9-14(20)8-15(21)10-16/h5-10,12H,11H2,1-4H3,(H,22,24). The van der Waals surface area contributed by atoms with Gasteiger partial charge in [-0.05, 0) is 41.8 Å². The number of carbonyl (C=O) groups is 1. The van der Waals surface area contributed by atoms with Crippen molar-refractivity contribution in [1.82, 2.24) is 4.31 Å². The molecule has 0 bridgehead atoms. The summed E-state index contributed by atoms with van der Waals surface area (Å²) in [6, 6.07) is 9.58. The number of carbonyl (C=O) groups excluding carboxylic acids is 1. The van der Waals surface area contributed by atoms with Crippen molar-refractivity contribution in [3.8, 4) is 5.75 Å². The van der Waals surface area contributed by atoms with Crippen LogP contribution in [0.1, 0.15) is 25.3 Å². The van der Waals surface area contributed by atoms with Crippen LogP contribution in [0.25, 0.3) is 0 Å².